The molecule has 3 heteroatoms. The maximum absolute atomic E-state index is 6.08. The van der Waals surface area contributed by atoms with Crippen LogP contribution in [0.15, 0.2) is 10.7 Å². The van der Waals surface area contributed by atoms with Crippen LogP contribution in [0.5, 0.6) is 0 Å². The normalized spacial score (nSPS) is 31.1. The van der Waals surface area contributed by atoms with Crippen LogP contribution in [0.25, 0.3) is 0 Å². The monoisotopic (exact) mass is 172 g/mol. The van der Waals surface area contributed by atoms with Gasteiger partial charge in [-0.3, -0.25) is 0 Å². The van der Waals surface area contributed by atoms with E-state index >= 15 is 0 Å². The summed E-state index contributed by atoms with van der Waals surface area (Å²) in [7, 11) is 1.98. The first-order valence-electron chi connectivity index (χ1n) is 4.17. The standard InChI is InChI=1S/C8H13ClN2/c1-11-8(9)6-4-2-3-5-7(6)10-11/h7,10H,2-5H2,1H3. The van der Waals surface area contributed by atoms with Gasteiger partial charge in [-0.1, -0.05) is 18.0 Å². The molecule has 0 bridgehead atoms. The highest BCUT2D eigenvalue weighted by Gasteiger charge is 2.29. The summed E-state index contributed by atoms with van der Waals surface area (Å²) in [4.78, 5) is 0. The lowest BCUT2D eigenvalue weighted by Gasteiger charge is -2.20. The maximum Gasteiger partial charge on any atom is 0.119 e. The lowest BCUT2D eigenvalue weighted by molar-refractivity contribution is 0.304. The second-order valence-corrected chi connectivity index (χ2v) is 3.66. The van der Waals surface area contributed by atoms with Gasteiger partial charge in [-0.15, -0.1) is 0 Å². The van der Waals surface area contributed by atoms with Crippen LogP contribution in [0.3, 0.4) is 0 Å². The fraction of sp³-hybridized carbons (Fsp3) is 0.750. The molecule has 1 N–H and O–H groups in total. The summed E-state index contributed by atoms with van der Waals surface area (Å²) in [5.74, 6) is 0. The molecule has 1 fully saturated rings. The zero-order chi connectivity index (χ0) is 7.84. The van der Waals surface area contributed by atoms with Gasteiger partial charge in [0.05, 0.1) is 6.04 Å². The lowest BCUT2D eigenvalue weighted by atomic mass is 9.92. The van der Waals surface area contributed by atoms with Crippen molar-refractivity contribution in [3.8, 4) is 0 Å². The molecular weight excluding hydrogens is 160 g/mol. The van der Waals surface area contributed by atoms with Crippen LogP contribution in [0.2, 0.25) is 0 Å². The molecule has 0 aromatic carbocycles. The number of hydrogen-bond donors (Lipinski definition) is 1. The Kier molecular flexibility index (Phi) is 1.81. The van der Waals surface area contributed by atoms with Crippen molar-refractivity contribution in [2.24, 2.45) is 0 Å². The molecule has 62 valence electrons. The van der Waals surface area contributed by atoms with Crippen molar-refractivity contribution in [3.05, 3.63) is 10.7 Å². The molecule has 11 heavy (non-hydrogen) atoms. The minimum absolute atomic E-state index is 0.543. The quantitative estimate of drug-likeness (QED) is 0.561. The maximum atomic E-state index is 6.08. The second-order valence-electron chi connectivity index (χ2n) is 3.30. The van der Waals surface area contributed by atoms with Crippen LogP contribution < -0.4 is 5.43 Å². The van der Waals surface area contributed by atoms with Gasteiger partial charge in [0, 0.05) is 7.05 Å². The van der Waals surface area contributed by atoms with Crippen molar-refractivity contribution >= 4 is 11.6 Å². The topological polar surface area (TPSA) is 15.3 Å². The minimum Gasteiger partial charge on any atom is -0.301 e. The van der Waals surface area contributed by atoms with Crippen molar-refractivity contribution in [2.45, 2.75) is 31.7 Å². The Hall–Kier alpha value is -0.210. The molecule has 0 spiro atoms. The third-order valence-corrected chi connectivity index (χ3v) is 3.01. The van der Waals surface area contributed by atoms with Gasteiger partial charge in [-0.25, -0.2) is 5.43 Å². The molecule has 1 saturated carbocycles. The summed E-state index contributed by atoms with van der Waals surface area (Å²) in [6.45, 7) is 0. The highest BCUT2D eigenvalue weighted by Crippen LogP contribution is 2.33. The molecule has 0 aromatic rings. The number of nitrogens with one attached hydrogen (secondary N) is 1. The molecule has 1 heterocycles. The number of halogens is 1. The van der Waals surface area contributed by atoms with Crippen LogP contribution in [-0.2, 0) is 0 Å². The van der Waals surface area contributed by atoms with E-state index in [1.165, 1.54) is 31.3 Å². The van der Waals surface area contributed by atoms with E-state index < -0.39 is 0 Å². The van der Waals surface area contributed by atoms with Gasteiger partial charge in [-0.05, 0) is 24.8 Å². The zero-order valence-electron chi connectivity index (χ0n) is 6.73. The van der Waals surface area contributed by atoms with Gasteiger partial charge in [0.1, 0.15) is 5.16 Å². The zero-order valence-corrected chi connectivity index (χ0v) is 7.49. The van der Waals surface area contributed by atoms with E-state index in [-0.39, 0.29) is 0 Å². The molecule has 1 unspecified atom stereocenters. The summed E-state index contributed by atoms with van der Waals surface area (Å²) in [5.41, 5.74) is 4.75. The van der Waals surface area contributed by atoms with E-state index in [1.54, 1.807) is 0 Å². The smallest absolute Gasteiger partial charge is 0.119 e. The molecule has 2 nitrogen and oxygen atoms in total. The van der Waals surface area contributed by atoms with Gasteiger partial charge in [-0.2, -0.15) is 0 Å². The largest absolute Gasteiger partial charge is 0.301 e. The number of fused-ring (bicyclic) bond motifs is 1. The van der Waals surface area contributed by atoms with E-state index in [2.05, 4.69) is 5.43 Å². The first kappa shape index (κ1) is 7.44. The van der Waals surface area contributed by atoms with Gasteiger partial charge < -0.3 is 5.01 Å². The predicted octanol–water partition coefficient (Wildman–Crippen LogP) is 1.83. The minimum atomic E-state index is 0.543. The molecule has 1 aliphatic carbocycles. The lowest BCUT2D eigenvalue weighted by Crippen LogP contribution is -2.35. The second kappa shape index (κ2) is 2.68. The van der Waals surface area contributed by atoms with Crippen LogP contribution in [0.4, 0.5) is 0 Å². The van der Waals surface area contributed by atoms with E-state index in [0.717, 1.165) is 5.16 Å². The van der Waals surface area contributed by atoms with E-state index in [1.807, 2.05) is 12.1 Å². The summed E-state index contributed by atoms with van der Waals surface area (Å²) >= 11 is 6.08. The molecule has 0 aromatic heterocycles. The Balaban J connectivity index is 2.22. The van der Waals surface area contributed by atoms with Gasteiger partial charge in [0.15, 0.2) is 0 Å². The molecule has 0 saturated heterocycles. The number of hydrogen-bond acceptors (Lipinski definition) is 2. The molecule has 1 aliphatic heterocycles. The van der Waals surface area contributed by atoms with Crippen LogP contribution >= 0.6 is 11.6 Å². The Bertz CT molecular complexity index is 200. The summed E-state index contributed by atoms with van der Waals surface area (Å²) in [5, 5.41) is 2.86. The van der Waals surface area contributed by atoms with E-state index in [9.17, 15) is 0 Å². The van der Waals surface area contributed by atoms with Gasteiger partial charge >= 0.3 is 0 Å². The van der Waals surface area contributed by atoms with E-state index in [4.69, 9.17) is 11.6 Å². The highest BCUT2D eigenvalue weighted by molar-refractivity contribution is 6.29. The number of nitrogens with zero attached hydrogens (tertiary/aromatic N) is 1. The SMILES string of the molecule is CN1NC2CCCCC2=C1Cl. The first-order valence-corrected chi connectivity index (χ1v) is 4.55. The van der Waals surface area contributed by atoms with E-state index in [0.29, 0.717) is 6.04 Å². The average molecular weight is 173 g/mol. The number of rotatable bonds is 0. The first-order chi connectivity index (χ1) is 5.29. The van der Waals surface area contributed by atoms with Crippen molar-refractivity contribution < 1.29 is 0 Å². The average Bonchev–Trinajstić information content (AvgIpc) is 2.30. The van der Waals surface area contributed by atoms with Crippen LogP contribution in [-0.4, -0.2) is 18.1 Å². The van der Waals surface area contributed by atoms with Crippen molar-refractivity contribution in [1.82, 2.24) is 10.4 Å². The van der Waals surface area contributed by atoms with Crippen LogP contribution in [0.1, 0.15) is 25.7 Å². The highest BCUT2D eigenvalue weighted by atomic mass is 35.5. The van der Waals surface area contributed by atoms with Crippen molar-refractivity contribution in [1.29, 1.82) is 0 Å². The Morgan fingerprint density at radius 1 is 1.55 bits per heavy atom. The van der Waals surface area contributed by atoms with Gasteiger partial charge in [0.2, 0.25) is 0 Å². The molecule has 0 amide bonds. The third-order valence-electron chi connectivity index (χ3n) is 2.52. The Labute approximate surface area is 72.2 Å². The summed E-state index contributed by atoms with van der Waals surface area (Å²) < 4.78 is 0. The predicted molar refractivity (Wildman–Crippen MR) is 46.0 cm³/mol. The fourth-order valence-corrected chi connectivity index (χ4v) is 2.18. The summed E-state index contributed by atoms with van der Waals surface area (Å²) in [6, 6.07) is 0.543. The molecule has 2 rings (SSSR count). The van der Waals surface area contributed by atoms with Crippen molar-refractivity contribution in [2.75, 3.05) is 7.05 Å². The molecular formula is C8H13ClN2. The summed E-state index contributed by atoms with van der Waals surface area (Å²) in [6.07, 6.45) is 5.06. The number of hydrazine groups is 1. The van der Waals surface area contributed by atoms with Crippen LogP contribution in [0, 0.1) is 0 Å². The van der Waals surface area contributed by atoms with Gasteiger partial charge in [0.25, 0.3) is 0 Å². The Morgan fingerprint density at radius 3 is 3.09 bits per heavy atom. The third kappa shape index (κ3) is 1.14. The Morgan fingerprint density at radius 2 is 2.36 bits per heavy atom. The fourth-order valence-electron chi connectivity index (χ4n) is 1.91. The molecule has 2 aliphatic rings. The molecule has 1 atom stereocenters. The molecule has 0 radical (unpaired) electrons. The van der Waals surface area contributed by atoms with Crippen molar-refractivity contribution in [3.63, 3.8) is 0 Å².